The zero-order valence-corrected chi connectivity index (χ0v) is 22.9. The van der Waals surface area contributed by atoms with E-state index in [-0.39, 0.29) is 49.8 Å². The molecule has 0 amide bonds. The molecule has 4 heterocycles. The second-order valence-corrected chi connectivity index (χ2v) is 11.1. The van der Waals surface area contributed by atoms with Crippen LogP contribution in [0.5, 0.6) is 0 Å². The monoisotopic (exact) mass is 568 g/mol. The summed E-state index contributed by atoms with van der Waals surface area (Å²) in [6.07, 6.45) is 5.27. The molecule has 0 bridgehead atoms. The number of anilines is 2. The minimum Gasteiger partial charge on any atom is -0.309 e. The number of hydrogen-bond donors (Lipinski definition) is 0. The maximum atomic E-state index is 9.52. The van der Waals surface area contributed by atoms with E-state index < -0.39 is 83.7 Å². The van der Waals surface area contributed by atoms with Crippen LogP contribution < -0.4 is 4.90 Å². The molecule has 2 atom stereocenters. The van der Waals surface area contributed by atoms with Gasteiger partial charge in [-0.05, 0) is 61.6 Å². The Bertz CT molecular complexity index is 2560. The first-order valence-electron chi connectivity index (χ1n) is 19.3. The van der Waals surface area contributed by atoms with Gasteiger partial charge in [-0.2, -0.15) is 15.0 Å². The highest BCUT2D eigenvalue weighted by atomic mass is 35.5. The summed E-state index contributed by atoms with van der Waals surface area (Å²) in [5, 5.41) is -0.791. The van der Waals surface area contributed by atoms with Crippen LogP contribution in [0.2, 0.25) is 5.28 Å². The van der Waals surface area contributed by atoms with Gasteiger partial charge in [0.25, 0.3) is 0 Å². The van der Waals surface area contributed by atoms with Gasteiger partial charge < -0.3 is 4.57 Å². The molecule has 1 aliphatic carbocycles. The fraction of sp³-hybridized carbons (Fsp3) is 0.235. The van der Waals surface area contributed by atoms with Crippen molar-refractivity contribution in [3.63, 3.8) is 0 Å². The van der Waals surface area contributed by atoms with Gasteiger partial charge in [0, 0.05) is 39.2 Å². The van der Waals surface area contributed by atoms with Crippen molar-refractivity contribution < 1.29 is 16.4 Å². The topological polar surface area (TPSA) is 59.7 Å². The van der Waals surface area contributed by atoms with E-state index in [1.54, 1.807) is 6.20 Å². The van der Waals surface area contributed by atoms with Gasteiger partial charge in [0.05, 0.1) is 33.0 Å². The predicted octanol–water partition coefficient (Wildman–Crippen LogP) is 8.43. The molecular weight excluding hydrogens is 528 g/mol. The molecule has 3 aromatic carbocycles. The molecule has 1 fully saturated rings. The van der Waals surface area contributed by atoms with Crippen LogP contribution in [-0.2, 0) is 5.41 Å². The standard InChI is InChI=1S/C34H29ClN6/c1-33-18-7-8-19-34(33,2)41(30-26(33)15-10-20-36-30)32-38-29(37-31(35)39-32)22-11-9-12-23(21-22)40-27-16-5-3-13-24(27)25-14-4-6-17-28(25)40/h3-6,9-17,20-21H,7-8,18-19H2,1-2H3/i3D,4D,5D,6D,9D,11D,12D,13D,14D,16D,17D,21D. The number of hydrogen-bond acceptors (Lipinski definition) is 5. The van der Waals surface area contributed by atoms with Crippen molar-refractivity contribution in [2.24, 2.45) is 0 Å². The Morgan fingerprint density at radius 3 is 2.37 bits per heavy atom. The van der Waals surface area contributed by atoms with E-state index >= 15 is 0 Å². The van der Waals surface area contributed by atoms with E-state index in [4.69, 9.17) is 36.6 Å². The van der Waals surface area contributed by atoms with Crippen molar-refractivity contribution in [3.8, 4) is 17.1 Å². The number of nitrogens with zero attached hydrogens (tertiary/aromatic N) is 6. The minimum atomic E-state index is -0.703. The number of benzene rings is 3. The summed E-state index contributed by atoms with van der Waals surface area (Å²) < 4.78 is 106. The molecule has 0 radical (unpaired) electrons. The zero-order chi connectivity index (χ0) is 38.2. The Morgan fingerprint density at radius 2 is 1.59 bits per heavy atom. The number of rotatable bonds is 3. The normalized spacial score (nSPS) is 25.9. The van der Waals surface area contributed by atoms with Gasteiger partial charge in [-0.15, -0.1) is 0 Å². The summed E-state index contributed by atoms with van der Waals surface area (Å²) in [6.45, 7) is 4.29. The number of para-hydroxylation sites is 2. The fourth-order valence-corrected chi connectivity index (χ4v) is 6.74. The highest BCUT2D eigenvalue weighted by Gasteiger charge is 2.59. The van der Waals surface area contributed by atoms with E-state index in [1.807, 2.05) is 17.0 Å². The van der Waals surface area contributed by atoms with Crippen LogP contribution in [0, 0.1) is 0 Å². The SMILES string of the molecule is [2H]c1c([2H])c(-c2nc(Cl)nc(N3c4ncccc4C4(C)CCCCC34C)n2)c([2H])c(-n2c3c([2H])c([2H])c([2H])c([2H])c3c3c([2H])c([2H])c([2H])c([2H])c32)c1[2H]. The molecule has 1 saturated carbocycles. The smallest absolute Gasteiger partial charge is 0.236 e. The van der Waals surface area contributed by atoms with Crippen LogP contribution in [0.15, 0.2) is 90.8 Å². The van der Waals surface area contributed by atoms with Crippen molar-refractivity contribution >= 4 is 45.2 Å². The first-order valence-corrected chi connectivity index (χ1v) is 13.6. The highest BCUT2D eigenvalue weighted by molar-refractivity contribution is 6.28. The lowest BCUT2D eigenvalue weighted by atomic mass is 9.62. The number of fused-ring (bicyclic) bond motifs is 6. The van der Waals surface area contributed by atoms with Crippen molar-refractivity contribution in [1.82, 2.24) is 24.5 Å². The number of pyridine rings is 1. The van der Waals surface area contributed by atoms with Crippen molar-refractivity contribution in [1.29, 1.82) is 0 Å². The Balaban J connectivity index is 1.47. The van der Waals surface area contributed by atoms with Crippen molar-refractivity contribution in [3.05, 3.63) is 102 Å². The average molecular weight is 569 g/mol. The van der Waals surface area contributed by atoms with Crippen LogP contribution in [0.25, 0.3) is 38.9 Å². The van der Waals surface area contributed by atoms with Crippen LogP contribution in [0.4, 0.5) is 11.8 Å². The molecule has 6 aromatic rings. The molecule has 2 unspecified atom stereocenters. The quantitative estimate of drug-likeness (QED) is 0.214. The largest absolute Gasteiger partial charge is 0.309 e. The summed E-state index contributed by atoms with van der Waals surface area (Å²) in [6, 6.07) is -3.82. The molecule has 6 nitrogen and oxygen atoms in total. The molecule has 202 valence electrons. The highest BCUT2D eigenvalue weighted by Crippen LogP contribution is 2.59. The molecule has 7 heteroatoms. The molecule has 3 aromatic heterocycles. The summed E-state index contributed by atoms with van der Waals surface area (Å²) in [4.78, 5) is 20.1. The molecule has 0 spiro atoms. The van der Waals surface area contributed by atoms with Gasteiger partial charge in [0.1, 0.15) is 5.82 Å². The summed E-state index contributed by atoms with van der Waals surface area (Å²) in [5.74, 6) is 0.441. The molecule has 41 heavy (non-hydrogen) atoms. The van der Waals surface area contributed by atoms with Gasteiger partial charge in [-0.1, -0.05) is 74.2 Å². The van der Waals surface area contributed by atoms with Gasteiger partial charge in [0.15, 0.2) is 5.82 Å². The maximum absolute atomic E-state index is 9.52. The van der Waals surface area contributed by atoms with Crippen LogP contribution in [-0.4, -0.2) is 30.0 Å². The lowest BCUT2D eigenvalue weighted by Crippen LogP contribution is -2.55. The summed E-state index contributed by atoms with van der Waals surface area (Å²) >= 11 is 6.58. The van der Waals surface area contributed by atoms with Crippen LogP contribution in [0.1, 0.15) is 61.5 Å². The van der Waals surface area contributed by atoms with E-state index in [1.165, 1.54) is 0 Å². The number of aromatic nitrogens is 5. The third kappa shape index (κ3) is 3.43. The van der Waals surface area contributed by atoms with Gasteiger partial charge in [0.2, 0.25) is 11.2 Å². The first-order chi connectivity index (χ1) is 25.0. The van der Waals surface area contributed by atoms with Crippen LogP contribution in [0.3, 0.4) is 0 Å². The third-order valence-electron chi connectivity index (χ3n) is 8.75. The summed E-state index contributed by atoms with van der Waals surface area (Å²) in [7, 11) is 0. The number of halogens is 1. The van der Waals surface area contributed by atoms with E-state index in [2.05, 4.69) is 23.8 Å². The molecule has 0 saturated heterocycles. The molecule has 0 N–H and O–H groups in total. The van der Waals surface area contributed by atoms with E-state index in [0.717, 1.165) is 35.8 Å². The maximum Gasteiger partial charge on any atom is 0.236 e. The fourth-order valence-electron chi connectivity index (χ4n) is 6.58. The minimum absolute atomic E-state index is 0.0926. The lowest BCUT2D eigenvalue weighted by molar-refractivity contribution is 0.193. The molecular formula is C34H29ClN6. The molecule has 1 aliphatic heterocycles. The van der Waals surface area contributed by atoms with Crippen molar-refractivity contribution in [2.75, 3.05) is 4.90 Å². The Kier molecular flexibility index (Phi) is 3.26. The average Bonchev–Trinajstić information content (AvgIpc) is 3.58. The second kappa shape index (κ2) is 8.85. The van der Waals surface area contributed by atoms with Crippen LogP contribution >= 0.6 is 11.6 Å². The second-order valence-electron chi connectivity index (χ2n) is 10.8. The zero-order valence-electron chi connectivity index (χ0n) is 34.1. The predicted molar refractivity (Wildman–Crippen MR) is 165 cm³/mol. The lowest BCUT2D eigenvalue weighted by Gasteiger charge is -2.49. The Morgan fingerprint density at radius 1 is 0.854 bits per heavy atom. The van der Waals surface area contributed by atoms with Gasteiger partial charge in [-0.25, -0.2) is 4.98 Å². The van der Waals surface area contributed by atoms with E-state index in [0.29, 0.717) is 5.82 Å². The third-order valence-corrected chi connectivity index (χ3v) is 8.92. The molecule has 8 rings (SSSR count). The first kappa shape index (κ1) is 15.1. The Labute approximate surface area is 260 Å². The van der Waals surface area contributed by atoms with Gasteiger partial charge >= 0.3 is 0 Å². The van der Waals surface area contributed by atoms with Crippen molar-refractivity contribution in [2.45, 2.75) is 50.5 Å². The molecule has 2 aliphatic rings. The van der Waals surface area contributed by atoms with E-state index in [9.17, 15) is 1.37 Å². The Hall–Kier alpha value is -4.29. The van der Waals surface area contributed by atoms with Gasteiger partial charge in [-0.3, -0.25) is 4.90 Å². The summed E-state index contributed by atoms with van der Waals surface area (Å²) in [5.41, 5.74) is -1.36.